The van der Waals surface area contributed by atoms with Crippen molar-refractivity contribution in [3.63, 3.8) is 0 Å². The Morgan fingerprint density at radius 3 is 2.20 bits per heavy atom. The number of nitrogens with one attached hydrogen (secondary N) is 1. The normalized spacial score (nSPS) is 12.3. The molecule has 2 aromatic carbocycles. The molecule has 0 aliphatic rings. The van der Waals surface area contributed by atoms with Crippen LogP contribution in [0.25, 0.3) is 11.3 Å². The highest BCUT2D eigenvalue weighted by Crippen LogP contribution is 2.24. The van der Waals surface area contributed by atoms with Crippen molar-refractivity contribution in [3.05, 3.63) is 77.7 Å². The summed E-state index contributed by atoms with van der Waals surface area (Å²) < 4.78 is 0. The van der Waals surface area contributed by atoms with Gasteiger partial charge in [0.15, 0.2) is 0 Å². The molecule has 100 valence electrons. The number of aryl methyl sites for hydroxylation is 1. The topological polar surface area (TPSA) is 54.7 Å². The van der Waals surface area contributed by atoms with Crippen molar-refractivity contribution in [3.8, 4) is 11.3 Å². The van der Waals surface area contributed by atoms with Gasteiger partial charge in [-0.1, -0.05) is 60.7 Å². The minimum atomic E-state index is -0.229. The zero-order chi connectivity index (χ0) is 13.9. The summed E-state index contributed by atoms with van der Waals surface area (Å²) in [7, 11) is 0. The number of hydrogen-bond donors (Lipinski definition) is 2. The average molecular weight is 263 g/mol. The lowest BCUT2D eigenvalue weighted by Gasteiger charge is -2.08. The lowest BCUT2D eigenvalue weighted by atomic mass is 10.1. The van der Waals surface area contributed by atoms with E-state index in [-0.39, 0.29) is 6.04 Å². The number of aromatic nitrogens is 2. The van der Waals surface area contributed by atoms with Gasteiger partial charge in [-0.25, -0.2) is 4.98 Å². The maximum atomic E-state index is 6.28. The van der Waals surface area contributed by atoms with Gasteiger partial charge in [0.2, 0.25) is 0 Å². The molecule has 0 radical (unpaired) electrons. The molecule has 0 saturated heterocycles. The van der Waals surface area contributed by atoms with E-state index in [1.807, 2.05) is 55.5 Å². The van der Waals surface area contributed by atoms with Crippen LogP contribution in [-0.2, 0) is 0 Å². The molecular weight excluding hydrogens is 246 g/mol. The Morgan fingerprint density at radius 1 is 0.950 bits per heavy atom. The molecule has 1 atom stereocenters. The fraction of sp³-hybridized carbons (Fsp3) is 0.118. The first-order valence-electron chi connectivity index (χ1n) is 6.68. The fourth-order valence-electron chi connectivity index (χ4n) is 2.33. The molecule has 3 heteroatoms. The van der Waals surface area contributed by atoms with E-state index in [4.69, 9.17) is 5.73 Å². The zero-order valence-electron chi connectivity index (χ0n) is 11.4. The van der Waals surface area contributed by atoms with Crippen LogP contribution in [0, 0.1) is 6.92 Å². The summed E-state index contributed by atoms with van der Waals surface area (Å²) in [6.45, 7) is 2.02. The number of benzene rings is 2. The number of H-pyrrole nitrogens is 1. The molecule has 3 aromatic rings. The van der Waals surface area contributed by atoms with Crippen LogP contribution in [-0.4, -0.2) is 9.97 Å². The number of hydrogen-bond acceptors (Lipinski definition) is 2. The van der Waals surface area contributed by atoms with Gasteiger partial charge >= 0.3 is 0 Å². The van der Waals surface area contributed by atoms with E-state index in [1.54, 1.807) is 0 Å². The Balaban J connectivity index is 1.97. The molecule has 20 heavy (non-hydrogen) atoms. The zero-order valence-corrected chi connectivity index (χ0v) is 11.4. The second kappa shape index (κ2) is 5.31. The number of aromatic amines is 1. The summed E-state index contributed by atoms with van der Waals surface area (Å²) in [6.07, 6.45) is 0. The summed E-state index contributed by atoms with van der Waals surface area (Å²) in [5.74, 6) is 0.799. The first kappa shape index (κ1) is 12.6. The molecule has 0 saturated carbocycles. The maximum absolute atomic E-state index is 6.28. The molecule has 0 spiro atoms. The minimum absolute atomic E-state index is 0.229. The van der Waals surface area contributed by atoms with Crippen LogP contribution in [0.4, 0.5) is 0 Å². The average Bonchev–Trinajstić information content (AvgIpc) is 2.90. The van der Waals surface area contributed by atoms with Crippen molar-refractivity contribution in [1.82, 2.24) is 9.97 Å². The predicted octanol–water partition coefficient (Wildman–Crippen LogP) is 3.43. The van der Waals surface area contributed by atoms with Crippen LogP contribution in [0.5, 0.6) is 0 Å². The summed E-state index contributed by atoms with van der Waals surface area (Å²) in [4.78, 5) is 7.98. The third kappa shape index (κ3) is 2.36. The van der Waals surface area contributed by atoms with E-state index in [0.29, 0.717) is 0 Å². The molecule has 3 N–H and O–H groups in total. The molecule has 3 nitrogen and oxygen atoms in total. The highest BCUT2D eigenvalue weighted by molar-refractivity contribution is 5.61. The van der Waals surface area contributed by atoms with E-state index in [1.165, 1.54) is 0 Å². The smallest absolute Gasteiger partial charge is 0.128 e. The van der Waals surface area contributed by atoms with Gasteiger partial charge in [-0.15, -0.1) is 0 Å². The summed E-state index contributed by atoms with van der Waals surface area (Å²) in [6, 6.07) is 19.9. The van der Waals surface area contributed by atoms with Crippen LogP contribution in [0.3, 0.4) is 0 Å². The van der Waals surface area contributed by atoms with Gasteiger partial charge in [-0.2, -0.15) is 0 Å². The standard InChI is InChI=1S/C17H17N3/c1-12-16(14-10-6-3-7-11-14)20-17(19-12)15(18)13-8-4-2-5-9-13/h2-11,15H,18H2,1H3,(H,19,20)/t15-/m1/s1. The minimum Gasteiger partial charge on any atom is -0.344 e. The van der Waals surface area contributed by atoms with Gasteiger partial charge in [-0.3, -0.25) is 0 Å². The molecule has 0 amide bonds. The molecule has 1 aromatic heterocycles. The Bertz CT molecular complexity index is 687. The van der Waals surface area contributed by atoms with Crippen LogP contribution in [0.15, 0.2) is 60.7 Å². The molecule has 0 unspecified atom stereocenters. The second-order valence-electron chi connectivity index (χ2n) is 4.85. The predicted molar refractivity (Wildman–Crippen MR) is 81.2 cm³/mol. The Hall–Kier alpha value is -2.39. The van der Waals surface area contributed by atoms with Gasteiger partial charge in [0, 0.05) is 11.3 Å². The Labute approximate surface area is 118 Å². The SMILES string of the molecule is Cc1[nH]c([C@H](N)c2ccccc2)nc1-c1ccccc1. The van der Waals surface area contributed by atoms with E-state index >= 15 is 0 Å². The third-order valence-electron chi connectivity index (χ3n) is 3.40. The number of rotatable bonds is 3. The van der Waals surface area contributed by atoms with Gasteiger partial charge in [0.25, 0.3) is 0 Å². The van der Waals surface area contributed by atoms with Gasteiger partial charge in [0.05, 0.1) is 11.7 Å². The van der Waals surface area contributed by atoms with Crippen LogP contribution in [0.1, 0.15) is 23.1 Å². The molecule has 3 rings (SSSR count). The first-order chi connectivity index (χ1) is 9.75. The van der Waals surface area contributed by atoms with Crippen LogP contribution < -0.4 is 5.73 Å². The highest BCUT2D eigenvalue weighted by atomic mass is 15.0. The van der Waals surface area contributed by atoms with E-state index in [0.717, 1.165) is 28.3 Å². The van der Waals surface area contributed by atoms with Gasteiger partial charge < -0.3 is 10.7 Å². The maximum Gasteiger partial charge on any atom is 0.128 e. The second-order valence-corrected chi connectivity index (χ2v) is 4.85. The fourth-order valence-corrected chi connectivity index (χ4v) is 2.33. The molecule has 0 fully saturated rings. The van der Waals surface area contributed by atoms with Gasteiger partial charge in [-0.05, 0) is 12.5 Å². The largest absolute Gasteiger partial charge is 0.344 e. The Kier molecular flexibility index (Phi) is 3.35. The van der Waals surface area contributed by atoms with Crippen molar-refractivity contribution < 1.29 is 0 Å². The lowest BCUT2D eigenvalue weighted by molar-refractivity contribution is 0.799. The summed E-state index contributed by atoms with van der Waals surface area (Å²) in [5, 5.41) is 0. The number of imidazole rings is 1. The van der Waals surface area contributed by atoms with E-state index in [9.17, 15) is 0 Å². The van der Waals surface area contributed by atoms with Crippen molar-refractivity contribution in [2.45, 2.75) is 13.0 Å². The van der Waals surface area contributed by atoms with E-state index in [2.05, 4.69) is 22.1 Å². The van der Waals surface area contributed by atoms with Crippen molar-refractivity contribution in [2.75, 3.05) is 0 Å². The van der Waals surface area contributed by atoms with Crippen molar-refractivity contribution >= 4 is 0 Å². The molecule has 0 bridgehead atoms. The van der Waals surface area contributed by atoms with E-state index < -0.39 is 0 Å². The quantitative estimate of drug-likeness (QED) is 0.760. The van der Waals surface area contributed by atoms with Crippen molar-refractivity contribution in [2.24, 2.45) is 5.73 Å². The number of nitrogens with zero attached hydrogens (tertiary/aromatic N) is 1. The molecule has 1 heterocycles. The molecule has 0 aliphatic heterocycles. The first-order valence-corrected chi connectivity index (χ1v) is 6.68. The number of nitrogens with two attached hydrogens (primary N) is 1. The lowest BCUT2D eigenvalue weighted by Crippen LogP contribution is -2.13. The molecule has 0 aliphatic carbocycles. The monoisotopic (exact) mass is 263 g/mol. The highest BCUT2D eigenvalue weighted by Gasteiger charge is 2.15. The Morgan fingerprint density at radius 2 is 1.55 bits per heavy atom. The van der Waals surface area contributed by atoms with Crippen molar-refractivity contribution in [1.29, 1.82) is 0 Å². The van der Waals surface area contributed by atoms with Crippen LogP contribution in [0.2, 0.25) is 0 Å². The van der Waals surface area contributed by atoms with Gasteiger partial charge in [0.1, 0.15) is 5.82 Å². The summed E-state index contributed by atoms with van der Waals surface area (Å²) in [5.41, 5.74) is 10.4. The third-order valence-corrected chi connectivity index (χ3v) is 3.40. The molecular formula is C17H17N3. The van der Waals surface area contributed by atoms with Crippen LogP contribution >= 0.6 is 0 Å². The summed E-state index contributed by atoms with van der Waals surface area (Å²) >= 11 is 0.